The van der Waals surface area contributed by atoms with Crippen LogP contribution in [0.4, 0.5) is 18.9 Å². The zero-order valence-corrected chi connectivity index (χ0v) is 19.7. The second kappa shape index (κ2) is 8.85. The van der Waals surface area contributed by atoms with Crippen LogP contribution in [0.3, 0.4) is 0 Å². The van der Waals surface area contributed by atoms with Crippen LogP contribution in [0.5, 0.6) is 0 Å². The number of benzene rings is 3. The van der Waals surface area contributed by atoms with E-state index in [9.17, 15) is 32.7 Å². The van der Waals surface area contributed by atoms with Crippen LogP contribution < -0.4 is 10.2 Å². The van der Waals surface area contributed by atoms with E-state index in [1.807, 2.05) is 6.92 Å². The summed E-state index contributed by atoms with van der Waals surface area (Å²) in [6.07, 6.45) is -3.90. The number of nitrogens with zero attached hydrogens (tertiary/aromatic N) is 1. The van der Waals surface area contributed by atoms with Crippen molar-refractivity contribution in [2.24, 2.45) is 11.8 Å². The predicted octanol–water partition coefficient (Wildman–Crippen LogP) is 4.70. The highest BCUT2D eigenvalue weighted by Gasteiger charge is 2.69. The molecule has 5 rings (SSSR count). The number of alkyl halides is 3. The summed E-state index contributed by atoms with van der Waals surface area (Å²) in [6.45, 7) is 1.96. The number of aliphatic carboxylic acids is 1. The molecule has 0 radical (unpaired) electrons. The molecular formula is C28H23F3N2O4. The van der Waals surface area contributed by atoms with Crippen LogP contribution in [0.15, 0.2) is 78.9 Å². The second-order valence-corrected chi connectivity index (χ2v) is 9.26. The van der Waals surface area contributed by atoms with E-state index < -0.39 is 52.9 Å². The molecule has 2 saturated heterocycles. The highest BCUT2D eigenvalue weighted by Crippen LogP contribution is 2.54. The fourth-order valence-electron chi connectivity index (χ4n) is 5.52. The van der Waals surface area contributed by atoms with Crippen molar-refractivity contribution in [1.29, 1.82) is 0 Å². The Morgan fingerprint density at radius 2 is 1.65 bits per heavy atom. The molecule has 2 amide bonds. The molecule has 9 heteroatoms. The first kappa shape index (κ1) is 24.7. The Bertz CT molecular complexity index is 1370. The lowest BCUT2D eigenvalue weighted by molar-refractivity contribution is -0.149. The molecule has 0 saturated carbocycles. The molecule has 190 valence electrons. The number of anilines is 1. The van der Waals surface area contributed by atoms with E-state index in [1.54, 1.807) is 42.5 Å². The van der Waals surface area contributed by atoms with Crippen LogP contribution in [-0.2, 0) is 32.5 Å². The third-order valence-corrected chi connectivity index (χ3v) is 7.30. The summed E-state index contributed by atoms with van der Waals surface area (Å²) in [5.74, 6) is -5.39. The van der Waals surface area contributed by atoms with Gasteiger partial charge in [-0.15, -0.1) is 0 Å². The van der Waals surface area contributed by atoms with Gasteiger partial charge >= 0.3 is 12.1 Å². The summed E-state index contributed by atoms with van der Waals surface area (Å²) in [5.41, 5.74) is -1.38. The number of halogens is 3. The van der Waals surface area contributed by atoms with Gasteiger partial charge < -0.3 is 5.11 Å². The van der Waals surface area contributed by atoms with Crippen LogP contribution in [0.25, 0.3) is 0 Å². The fourth-order valence-corrected chi connectivity index (χ4v) is 5.52. The molecule has 2 heterocycles. The smallest absolute Gasteiger partial charge is 0.416 e. The zero-order chi connectivity index (χ0) is 26.5. The number of imide groups is 1. The molecular weight excluding hydrogens is 485 g/mol. The number of rotatable bonds is 5. The van der Waals surface area contributed by atoms with Crippen LogP contribution in [0, 0.1) is 11.8 Å². The lowest BCUT2D eigenvalue weighted by Gasteiger charge is -2.31. The summed E-state index contributed by atoms with van der Waals surface area (Å²) >= 11 is 0. The van der Waals surface area contributed by atoms with E-state index in [0.717, 1.165) is 29.0 Å². The molecule has 3 aromatic rings. The Balaban J connectivity index is 1.69. The van der Waals surface area contributed by atoms with E-state index in [0.29, 0.717) is 0 Å². The summed E-state index contributed by atoms with van der Waals surface area (Å²) in [5, 5.41) is 13.5. The Kier molecular flexibility index (Phi) is 5.91. The van der Waals surface area contributed by atoms with Gasteiger partial charge in [0, 0.05) is 6.04 Å². The fraction of sp³-hybridized carbons (Fsp3) is 0.250. The highest BCUT2D eigenvalue weighted by atomic mass is 19.4. The van der Waals surface area contributed by atoms with Gasteiger partial charge in [0.1, 0.15) is 0 Å². The Labute approximate surface area is 210 Å². The van der Waals surface area contributed by atoms with Gasteiger partial charge in [-0.1, -0.05) is 61.5 Å². The van der Waals surface area contributed by atoms with Crippen molar-refractivity contribution in [2.45, 2.75) is 31.1 Å². The molecule has 0 aliphatic carbocycles. The van der Waals surface area contributed by atoms with Gasteiger partial charge in [0.25, 0.3) is 0 Å². The van der Waals surface area contributed by atoms with Gasteiger partial charge in [-0.2, -0.15) is 13.2 Å². The van der Waals surface area contributed by atoms with Crippen molar-refractivity contribution in [1.82, 2.24) is 5.32 Å². The first-order chi connectivity index (χ1) is 17.6. The van der Waals surface area contributed by atoms with E-state index in [-0.39, 0.29) is 16.8 Å². The summed E-state index contributed by atoms with van der Waals surface area (Å²) in [7, 11) is 0. The van der Waals surface area contributed by atoms with Crippen molar-refractivity contribution in [2.75, 3.05) is 4.90 Å². The van der Waals surface area contributed by atoms with Gasteiger partial charge in [-0.05, 0) is 47.4 Å². The van der Waals surface area contributed by atoms with E-state index in [2.05, 4.69) is 5.32 Å². The normalized spacial score (nSPS) is 25.4. The van der Waals surface area contributed by atoms with Crippen LogP contribution in [0.1, 0.15) is 35.2 Å². The molecule has 4 atom stereocenters. The van der Waals surface area contributed by atoms with Gasteiger partial charge in [0.2, 0.25) is 11.8 Å². The number of aryl methyl sites for hydroxylation is 1. The van der Waals surface area contributed by atoms with Crippen LogP contribution >= 0.6 is 0 Å². The number of carbonyl (C=O) groups excluding carboxylic acids is 2. The summed E-state index contributed by atoms with van der Waals surface area (Å²) in [6, 6.07) is 18.0. The minimum absolute atomic E-state index is 0.0770. The average Bonchev–Trinajstić information content (AvgIpc) is 3.39. The Hall–Kier alpha value is -3.98. The number of carbonyl (C=O) groups is 3. The SMILES string of the molecule is CCc1ccc(N2C(=O)C3C(c4cccc(C(F)(F)F)c4)NC(C(=O)O)(c4ccccc4)C3C2=O)cc1. The third kappa shape index (κ3) is 3.81. The number of amides is 2. The van der Waals surface area contributed by atoms with Crippen LogP contribution in [0.2, 0.25) is 0 Å². The molecule has 0 aromatic heterocycles. The first-order valence-corrected chi connectivity index (χ1v) is 11.8. The van der Waals surface area contributed by atoms with Crippen molar-refractivity contribution < 1.29 is 32.7 Å². The maximum atomic E-state index is 13.9. The third-order valence-electron chi connectivity index (χ3n) is 7.30. The Morgan fingerprint density at radius 1 is 0.973 bits per heavy atom. The molecule has 2 aliphatic heterocycles. The molecule has 4 unspecified atom stereocenters. The van der Waals surface area contributed by atoms with Gasteiger partial charge in [-0.3, -0.25) is 14.9 Å². The molecule has 2 aliphatic rings. The van der Waals surface area contributed by atoms with Crippen molar-refractivity contribution >= 4 is 23.5 Å². The van der Waals surface area contributed by atoms with Gasteiger partial charge in [0.05, 0.1) is 23.1 Å². The second-order valence-electron chi connectivity index (χ2n) is 9.26. The highest BCUT2D eigenvalue weighted by molar-refractivity contribution is 6.24. The van der Waals surface area contributed by atoms with Gasteiger partial charge in [0.15, 0.2) is 5.54 Å². The number of carboxylic acids is 1. The monoisotopic (exact) mass is 508 g/mol. The zero-order valence-electron chi connectivity index (χ0n) is 19.7. The number of fused-ring (bicyclic) bond motifs is 1. The maximum Gasteiger partial charge on any atom is 0.416 e. The molecule has 6 nitrogen and oxygen atoms in total. The van der Waals surface area contributed by atoms with Crippen LogP contribution in [-0.4, -0.2) is 22.9 Å². The van der Waals surface area contributed by atoms with Crippen molar-refractivity contribution in [3.05, 3.63) is 101 Å². The predicted molar refractivity (Wildman–Crippen MR) is 128 cm³/mol. The van der Waals surface area contributed by atoms with Crippen molar-refractivity contribution in [3.63, 3.8) is 0 Å². The molecule has 2 fully saturated rings. The lowest BCUT2D eigenvalue weighted by Crippen LogP contribution is -2.53. The molecule has 0 bridgehead atoms. The molecule has 2 N–H and O–H groups in total. The standard InChI is InChI=1S/C28H23F3N2O4/c1-2-16-11-13-20(14-12-16)33-24(34)21-22(25(33)35)27(26(36)37,18-8-4-3-5-9-18)32-23(21)17-7-6-10-19(15-17)28(29,30)31/h3-15,21-23,32H,2H2,1H3,(H,36,37). The largest absolute Gasteiger partial charge is 0.480 e. The van der Waals surface area contributed by atoms with E-state index in [1.165, 1.54) is 24.3 Å². The topological polar surface area (TPSA) is 86.7 Å². The van der Waals surface area contributed by atoms with Crippen molar-refractivity contribution in [3.8, 4) is 0 Å². The number of hydrogen-bond donors (Lipinski definition) is 2. The lowest BCUT2D eigenvalue weighted by atomic mass is 9.75. The number of carboxylic acid groups (broad SMARTS) is 1. The molecule has 0 spiro atoms. The maximum absolute atomic E-state index is 13.9. The summed E-state index contributed by atoms with van der Waals surface area (Å²) < 4.78 is 40.5. The number of hydrogen-bond acceptors (Lipinski definition) is 4. The van der Waals surface area contributed by atoms with Gasteiger partial charge in [-0.25, -0.2) is 9.69 Å². The van der Waals surface area contributed by atoms with E-state index >= 15 is 0 Å². The number of nitrogens with one attached hydrogen (secondary N) is 1. The minimum Gasteiger partial charge on any atom is -0.480 e. The average molecular weight is 508 g/mol. The van der Waals surface area contributed by atoms with E-state index in [4.69, 9.17) is 0 Å². The molecule has 3 aromatic carbocycles. The summed E-state index contributed by atoms with van der Waals surface area (Å²) in [4.78, 5) is 41.6. The minimum atomic E-state index is -4.64. The first-order valence-electron chi connectivity index (χ1n) is 11.8. The Morgan fingerprint density at radius 3 is 2.24 bits per heavy atom. The molecule has 37 heavy (non-hydrogen) atoms. The quantitative estimate of drug-likeness (QED) is 0.488.